The van der Waals surface area contributed by atoms with Crippen LogP contribution in [-0.4, -0.2) is 83.1 Å². The van der Waals surface area contributed by atoms with Gasteiger partial charge in [0.1, 0.15) is 18.1 Å². The van der Waals surface area contributed by atoms with Crippen LogP contribution in [0.15, 0.2) is 4.99 Å². The molecule has 0 saturated carbocycles. The molecule has 14 nitrogen and oxygen atoms in total. The Bertz CT molecular complexity index is 793. The molecular formula is C21H37N7O7. The minimum absolute atomic E-state index is 0.0225. The first kappa shape index (κ1) is 29.6. The summed E-state index contributed by atoms with van der Waals surface area (Å²) in [4.78, 5) is 64.9. The van der Waals surface area contributed by atoms with Crippen molar-refractivity contribution in [2.24, 2.45) is 22.4 Å². The van der Waals surface area contributed by atoms with Gasteiger partial charge in [0, 0.05) is 6.54 Å². The predicted octanol–water partition coefficient (Wildman–Crippen LogP) is -2.15. The zero-order valence-corrected chi connectivity index (χ0v) is 20.1. The highest BCUT2D eigenvalue weighted by Gasteiger charge is 2.32. The number of hydrogen-bond donors (Lipinski definition) is 8. The van der Waals surface area contributed by atoms with Crippen LogP contribution >= 0.6 is 0 Å². The number of aliphatic carboxylic acids is 2. The van der Waals surface area contributed by atoms with Crippen LogP contribution in [0.3, 0.4) is 0 Å². The van der Waals surface area contributed by atoms with Gasteiger partial charge in [-0.15, -0.1) is 0 Å². The highest BCUT2D eigenvalue weighted by Crippen LogP contribution is 2.09. The third-order valence-electron chi connectivity index (χ3n) is 5.29. The first-order valence-corrected chi connectivity index (χ1v) is 11.5. The van der Waals surface area contributed by atoms with Gasteiger partial charge in [0.25, 0.3) is 0 Å². The molecule has 0 spiro atoms. The second-order valence-electron chi connectivity index (χ2n) is 8.85. The molecule has 198 valence electrons. The first-order chi connectivity index (χ1) is 16.4. The van der Waals surface area contributed by atoms with E-state index in [0.29, 0.717) is 13.0 Å². The number of rotatable bonds is 15. The summed E-state index contributed by atoms with van der Waals surface area (Å²) >= 11 is 0. The Hall–Kier alpha value is -3.42. The van der Waals surface area contributed by atoms with Gasteiger partial charge >= 0.3 is 11.9 Å². The van der Waals surface area contributed by atoms with Crippen LogP contribution in [-0.2, 0) is 24.0 Å². The molecule has 0 aromatic heterocycles. The normalized spacial score (nSPS) is 17.6. The number of nitrogens with two attached hydrogens (primary N) is 2. The van der Waals surface area contributed by atoms with E-state index in [1.807, 2.05) is 0 Å². The second kappa shape index (κ2) is 14.8. The number of amides is 3. The molecule has 1 aliphatic rings. The smallest absolute Gasteiger partial charge is 0.326 e. The summed E-state index contributed by atoms with van der Waals surface area (Å²) in [5.41, 5.74) is 10.6. The van der Waals surface area contributed by atoms with E-state index < -0.39 is 60.2 Å². The van der Waals surface area contributed by atoms with Crippen molar-refractivity contribution in [1.29, 1.82) is 0 Å². The number of carboxylic acid groups (broad SMARTS) is 2. The summed E-state index contributed by atoms with van der Waals surface area (Å²) < 4.78 is 0. The van der Waals surface area contributed by atoms with Crippen molar-refractivity contribution in [3.63, 3.8) is 0 Å². The summed E-state index contributed by atoms with van der Waals surface area (Å²) in [6.45, 7) is 4.38. The van der Waals surface area contributed by atoms with Crippen molar-refractivity contribution in [2.75, 3.05) is 13.1 Å². The fourth-order valence-electron chi connectivity index (χ4n) is 3.57. The maximum absolute atomic E-state index is 12.9. The molecule has 0 aromatic carbocycles. The Morgan fingerprint density at radius 2 is 1.63 bits per heavy atom. The molecule has 0 radical (unpaired) electrons. The van der Waals surface area contributed by atoms with E-state index in [1.165, 1.54) is 0 Å². The minimum Gasteiger partial charge on any atom is -0.481 e. The zero-order chi connectivity index (χ0) is 26.5. The van der Waals surface area contributed by atoms with E-state index in [-0.39, 0.29) is 37.7 Å². The number of nitrogens with one attached hydrogen (secondary N) is 4. The van der Waals surface area contributed by atoms with E-state index in [9.17, 15) is 34.2 Å². The van der Waals surface area contributed by atoms with Gasteiger partial charge in [-0.3, -0.25) is 24.2 Å². The lowest BCUT2D eigenvalue weighted by atomic mass is 10.0. The van der Waals surface area contributed by atoms with Crippen LogP contribution in [0.4, 0.5) is 0 Å². The number of guanidine groups is 1. The molecule has 1 saturated heterocycles. The Morgan fingerprint density at radius 3 is 2.14 bits per heavy atom. The zero-order valence-electron chi connectivity index (χ0n) is 20.1. The van der Waals surface area contributed by atoms with Gasteiger partial charge in [-0.05, 0) is 44.6 Å². The number of carbonyl (C=O) groups is 5. The highest BCUT2D eigenvalue weighted by molar-refractivity contribution is 5.95. The topological polar surface area (TPSA) is 238 Å². The van der Waals surface area contributed by atoms with E-state index in [4.69, 9.17) is 11.5 Å². The van der Waals surface area contributed by atoms with Crippen LogP contribution in [0.1, 0.15) is 52.4 Å². The molecular weight excluding hydrogens is 462 g/mol. The summed E-state index contributed by atoms with van der Waals surface area (Å²) in [5, 5.41) is 28.9. The van der Waals surface area contributed by atoms with Crippen LogP contribution in [0.2, 0.25) is 0 Å². The summed E-state index contributed by atoms with van der Waals surface area (Å²) in [6.07, 6.45) is 1.10. The van der Waals surface area contributed by atoms with E-state index >= 15 is 0 Å². The van der Waals surface area contributed by atoms with Crippen molar-refractivity contribution >= 4 is 35.6 Å². The lowest BCUT2D eigenvalue weighted by Crippen LogP contribution is -2.57. The molecule has 4 atom stereocenters. The molecule has 1 rings (SSSR count). The first-order valence-electron chi connectivity index (χ1n) is 11.5. The molecule has 1 heterocycles. The number of carbonyl (C=O) groups excluding carboxylic acids is 3. The number of nitrogens with zero attached hydrogens (tertiary/aromatic N) is 1. The Morgan fingerprint density at radius 1 is 1.00 bits per heavy atom. The lowest BCUT2D eigenvalue weighted by molar-refractivity contribution is -0.143. The molecule has 1 aliphatic heterocycles. The summed E-state index contributed by atoms with van der Waals surface area (Å²) in [6, 6.07) is -4.35. The van der Waals surface area contributed by atoms with Gasteiger partial charge in [0.2, 0.25) is 17.7 Å². The monoisotopic (exact) mass is 499 g/mol. The van der Waals surface area contributed by atoms with E-state index in [1.54, 1.807) is 13.8 Å². The molecule has 10 N–H and O–H groups in total. The van der Waals surface area contributed by atoms with Crippen molar-refractivity contribution in [3.8, 4) is 0 Å². The Balaban J connectivity index is 2.98. The quantitative estimate of drug-likeness (QED) is 0.0690. The van der Waals surface area contributed by atoms with Crippen molar-refractivity contribution < 1.29 is 34.2 Å². The summed E-state index contributed by atoms with van der Waals surface area (Å²) in [5.74, 6) is -4.86. The molecule has 4 unspecified atom stereocenters. The molecule has 3 amide bonds. The number of hydrogen-bond acceptors (Lipinski definition) is 7. The third-order valence-corrected chi connectivity index (χ3v) is 5.29. The standard InChI is InChI=1S/C21H37N7O7/c1-11(2)9-15(20(34)35)28-18(32)13(6-4-8-25-21(22)23)26-19(33)14(10-16(29)30)27-17(31)12-5-3-7-24-12/h11-15,24H,3-10H2,1-2H3,(H,26,33)(H,27,31)(H,28,32)(H,29,30)(H,34,35)(H4,22,23,25). The maximum atomic E-state index is 12.9. The van der Waals surface area contributed by atoms with Gasteiger partial charge in [-0.2, -0.15) is 0 Å². The number of carboxylic acids is 2. The SMILES string of the molecule is CC(C)CC(NC(=O)C(CCCN=C(N)N)NC(=O)C(CC(=O)O)NC(=O)C1CCCN1)C(=O)O. The number of aliphatic imine (C=N–C) groups is 1. The largest absolute Gasteiger partial charge is 0.481 e. The molecule has 14 heteroatoms. The fraction of sp³-hybridized carbons (Fsp3) is 0.714. The van der Waals surface area contributed by atoms with Crippen LogP contribution in [0, 0.1) is 5.92 Å². The molecule has 0 aromatic rings. The van der Waals surface area contributed by atoms with Crippen molar-refractivity contribution in [1.82, 2.24) is 21.3 Å². The van der Waals surface area contributed by atoms with Crippen LogP contribution < -0.4 is 32.7 Å². The van der Waals surface area contributed by atoms with Crippen molar-refractivity contribution in [3.05, 3.63) is 0 Å². The summed E-state index contributed by atoms with van der Waals surface area (Å²) in [7, 11) is 0. The second-order valence-corrected chi connectivity index (χ2v) is 8.85. The minimum atomic E-state index is -1.43. The molecule has 1 fully saturated rings. The van der Waals surface area contributed by atoms with Gasteiger partial charge in [0.05, 0.1) is 12.5 Å². The van der Waals surface area contributed by atoms with Gasteiger partial charge < -0.3 is 42.9 Å². The average molecular weight is 500 g/mol. The van der Waals surface area contributed by atoms with E-state index in [0.717, 1.165) is 6.42 Å². The Kier molecular flexibility index (Phi) is 12.5. The molecule has 0 bridgehead atoms. The van der Waals surface area contributed by atoms with Crippen LogP contribution in [0.25, 0.3) is 0 Å². The van der Waals surface area contributed by atoms with Gasteiger partial charge in [-0.25, -0.2) is 4.79 Å². The Labute approximate surface area is 203 Å². The van der Waals surface area contributed by atoms with Gasteiger partial charge in [0.15, 0.2) is 5.96 Å². The maximum Gasteiger partial charge on any atom is 0.326 e. The fourth-order valence-corrected chi connectivity index (χ4v) is 3.57. The lowest BCUT2D eigenvalue weighted by Gasteiger charge is -2.25. The van der Waals surface area contributed by atoms with Crippen molar-refractivity contribution in [2.45, 2.75) is 76.5 Å². The average Bonchev–Trinajstić information content (AvgIpc) is 3.28. The van der Waals surface area contributed by atoms with Gasteiger partial charge in [-0.1, -0.05) is 13.8 Å². The molecule has 0 aliphatic carbocycles. The highest BCUT2D eigenvalue weighted by atomic mass is 16.4. The molecule has 35 heavy (non-hydrogen) atoms. The van der Waals surface area contributed by atoms with Crippen LogP contribution in [0.5, 0.6) is 0 Å². The third kappa shape index (κ3) is 11.5. The van der Waals surface area contributed by atoms with E-state index in [2.05, 4.69) is 26.3 Å². The predicted molar refractivity (Wildman–Crippen MR) is 126 cm³/mol.